The summed E-state index contributed by atoms with van der Waals surface area (Å²) in [7, 11) is 0. The molecular formula is C35H58N4O24. The second kappa shape index (κ2) is 21.1. The number of amides is 4. The molecule has 63 heavy (non-hydrogen) atoms. The van der Waals surface area contributed by atoms with Gasteiger partial charge in [0.2, 0.25) is 23.6 Å². The summed E-state index contributed by atoms with van der Waals surface area (Å²) < 4.78 is 51.8. The topological polar surface area (TPSA) is 450 Å². The molecule has 0 aromatic rings. The minimum absolute atomic E-state index is 0.780. The summed E-state index contributed by atoms with van der Waals surface area (Å²) in [5.41, 5.74) is 10.6. The van der Waals surface area contributed by atoms with Crippen molar-refractivity contribution in [2.45, 2.75) is 175 Å². The molecule has 5 fully saturated rings. The summed E-state index contributed by atoms with van der Waals surface area (Å²) in [6.07, 6.45) is -39.3. The van der Waals surface area contributed by atoms with Crippen LogP contribution in [-0.4, -0.2) is 240 Å². The van der Waals surface area contributed by atoms with Crippen molar-refractivity contribution in [1.29, 1.82) is 0 Å². The van der Waals surface area contributed by atoms with Gasteiger partial charge in [-0.1, -0.05) is 6.92 Å². The highest BCUT2D eigenvalue weighted by molar-refractivity contribution is 5.80. The van der Waals surface area contributed by atoms with Crippen LogP contribution in [0.25, 0.3) is 0 Å². The van der Waals surface area contributed by atoms with Gasteiger partial charge in [0, 0.05) is 19.8 Å². The van der Waals surface area contributed by atoms with Gasteiger partial charge >= 0.3 is 0 Å². The van der Waals surface area contributed by atoms with E-state index in [2.05, 4.69) is 10.6 Å². The van der Waals surface area contributed by atoms with Crippen LogP contribution in [0.3, 0.4) is 0 Å². The zero-order valence-electron chi connectivity index (χ0n) is 34.2. The molecule has 0 spiro atoms. The fourth-order valence-electron chi connectivity index (χ4n) is 7.97. The number of ether oxygens (including phenoxy) is 9. The third-order valence-corrected chi connectivity index (χ3v) is 11.4. The summed E-state index contributed by atoms with van der Waals surface area (Å²) in [6, 6.07) is -3.32. The van der Waals surface area contributed by atoms with Gasteiger partial charge in [0.25, 0.3) is 0 Å². The van der Waals surface area contributed by atoms with E-state index in [0.29, 0.717) is 0 Å². The Balaban J connectivity index is 1.45. The van der Waals surface area contributed by atoms with Crippen LogP contribution in [0.15, 0.2) is 0 Å². The quantitative estimate of drug-likeness (QED) is 0.0769. The third kappa shape index (κ3) is 11.0. The van der Waals surface area contributed by atoms with Crippen molar-refractivity contribution in [2.75, 3.05) is 13.2 Å². The van der Waals surface area contributed by atoms with Crippen LogP contribution >= 0.6 is 0 Å². The standard InChI is InChI=1S/C35H58N4O24/c1-7-15(43)28(31(54)59-24(7)29(36)52)63-33-14(39-10(4)42)18(46)26(12(58-33)6-55-34-22(50)19(47)16(44)11(5-40)57-34)61-32-13(38-9(3)41)17(45)25(8(2)56-32)60-35-23(51)20(48)21(49)27(62-35)30(37)53/h7-8,11-28,31-35,40,43-51,54H,5-6H2,1-4H3,(H2,36,52)(H2,37,53)(H,38,41)(H,39,42)/t7-,8+,11+,12+,13+,14+,15-,16+,17+,18+,19-,20-,21+,22+,23+,24-,25+,26+,27-,28+,31-,32-,33-,34+,35+/m0/s1. The third-order valence-electron chi connectivity index (χ3n) is 11.4. The van der Waals surface area contributed by atoms with E-state index in [1.807, 2.05) is 0 Å². The minimum Gasteiger partial charge on any atom is -0.394 e. The lowest BCUT2D eigenvalue weighted by Gasteiger charge is -2.50. The van der Waals surface area contributed by atoms with Crippen LogP contribution < -0.4 is 22.1 Å². The van der Waals surface area contributed by atoms with E-state index in [9.17, 15) is 75.3 Å². The average molecular weight is 919 g/mol. The van der Waals surface area contributed by atoms with Gasteiger partial charge in [-0.25, -0.2) is 0 Å². The first-order chi connectivity index (χ1) is 29.5. The van der Waals surface area contributed by atoms with Crippen molar-refractivity contribution in [3.8, 4) is 0 Å². The van der Waals surface area contributed by atoms with Gasteiger partial charge in [0.05, 0.1) is 25.4 Å². The summed E-state index contributed by atoms with van der Waals surface area (Å²) in [4.78, 5) is 48.9. The molecular weight excluding hydrogens is 860 g/mol. The zero-order valence-corrected chi connectivity index (χ0v) is 34.2. The number of carbonyl (C=O) groups is 4. The fraction of sp³-hybridized carbons (Fsp3) is 0.886. The SMILES string of the molecule is CC(=O)N[C@H]1[C@H](O[C@H]2[C@H](O)[C@@H](NC(C)=O)[C@H](O[C@@H]3[C@@H](O)[C@H](C)[C@@H](C(N)=O)O[C@@H]3O)O[C@@H]2CO[C@@H]2O[C@H](CO)[C@@H](O)[C@H](O)[C@H]2O)O[C@H](C)[C@@H](O[C@@H]2O[C@H](C(N)=O)[C@H](O)[C@H](O)[C@H]2O)[C@@H]1O. The van der Waals surface area contributed by atoms with Gasteiger partial charge in [-0.2, -0.15) is 0 Å². The summed E-state index contributed by atoms with van der Waals surface area (Å²) in [5.74, 6) is -4.88. The largest absolute Gasteiger partial charge is 0.394 e. The van der Waals surface area contributed by atoms with Crippen molar-refractivity contribution in [1.82, 2.24) is 10.6 Å². The van der Waals surface area contributed by atoms with Gasteiger partial charge < -0.3 is 121 Å². The first-order valence-corrected chi connectivity index (χ1v) is 19.9. The molecule has 28 nitrogen and oxygen atoms in total. The molecule has 0 radical (unpaired) electrons. The smallest absolute Gasteiger partial charge is 0.249 e. The summed E-state index contributed by atoms with van der Waals surface area (Å²) in [6.45, 7) is 3.15. The van der Waals surface area contributed by atoms with E-state index in [-0.39, 0.29) is 0 Å². The molecule has 0 unspecified atom stereocenters. The Kier molecular flexibility index (Phi) is 17.1. The molecule has 5 rings (SSSR count). The Morgan fingerprint density at radius 3 is 1.57 bits per heavy atom. The van der Waals surface area contributed by atoms with Crippen LogP contribution in [0.4, 0.5) is 0 Å². The predicted octanol–water partition coefficient (Wildman–Crippen LogP) is -10.3. The molecule has 5 aliphatic rings. The van der Waals surface area contributed by atoms with Crippen molar-refractivity contribution in [2.24, 2.45) is 17.4 Å². The number of carbonyl (C=O) groups excluding carboxylic acids is 4. The first kappa shape index (κ1) is 51.1. The van der Waals surface area contributed by atoms with E-state index < -0.39 is 190 Å². The van der Waals surface area contributed by atoms with E-state index in [1.54, 1.807) is 0 Å². The van der Waals surface area contributed by atoms with Crippen LogP contribution in [-0.2, 0) is 61.8 Å². The van der Waals surface area contributed by atoms with E-state index in [1.165, 1.54) is 13.8 Å². The molecule has 17 N–H and O–H groups in total. The van der Waals surface area contributed by atoms with Gasteiger partial charge in [-0.3, -0.25) is 19.2 Å². The van der Waals surface area contributed by atoms with Crippen molar-refractivity contribution in [3.63, 3.8) is 0 Å². The lowest BCUT2D eigenvalue weighted by molar-refractivity contribution is -0.370. The number of rotatable bonds is 14. The van der Waals surface area contributed by atoms with Crippen LogP contribution in [0, 0.1) is 5.92 Å². The maximum absolute atomic E-state index is 12.6. The summed E-state index contributed by atoms with van der Waals surface area (Å²) >= 11 is 0. The molecule has 4 amide bonds. The number of aliphatic hydroxyl groups excluding tert-OH is 11. The fourth-order valence-corrected chi connectivity index (χ4v) is 7.97. The Bertz CT molecular complexity index is 1590. The Hall–Kier alpha value is -2.92. The Morgan fingerprint density at radius 2 is 1.02 bits per heavy atom. The zero-order chi connectivity index (χ0) is 46.9. The van der Waals surface area contributed by atoms with Crippen molar-refractivity contribution >= 4 is 23.6 Å². The highest BCUT2D eigenvalue weighted by atomic mass is 16.8. The molecule has 0 aromatic carbocycles. The number of hydrogen-bond donors (Lipinski definition) is 15. The number of hydrogen-bond acceptors (Lipinski definition) is 24. The maximum Gasteiger partial charge on any atom is 0.249 e. The molecule has 5 saturated heterocycles. The Morgan fingerprint density at radius 1 is 0.524 bits per heavy atom. The molecule has 28 heteroatoms. The highest BCUT2D eigenvalue weighted by Crippen LogP contribution is 2.36. The van der Waals surface area contributed by atoms with Crippen molar-refractivity contribution < 1.29 is 118 Å². The van der Waals surface area contributed by atoms with Gasteiger partial charge in [-0.05, 0) is 6.92 Å². The molecule has 0 saturated carbocycles. The second-order valence-corrected chi connectivity index (χ2v) is 16.0. The number of nitrogens with one attached hydrogen (secondary N) is 2. The second-order valence-electron chi connectivity index (χ2n) is 16.0. The number of primary amides is 2. The summed E-state index contributed by atoms with van der Waals surface area (Å²) in [5, 5.41) is 123. The van der Waals surface area contributed by atoms with E-state index in [0.717, 1.165) is 13.8 Å². The Labute approximate surface area is 357 Å². The van der Waals surface area contributed by atoms with E-state index >= 15 is 0 Å². The molecule has 362 valence electrons. The van der Waals surface area contributed by atoms with E-state index in [4.69, 9.17) is 54.1 Å². The van der Waals surface area contributed by atoms with Gasteiger partial charge in [-0.15, -0.1) is 0 Å². The van der Waals surface area contributed by atoms with Crippen LogP contribution in [0.5, 0.6) is 0 Å². The molecule has 5 heterocycles. The molecule has 5 aliphatic heterocycles. The minimum atomic E-state index is -2.03. The monoisotopic (exact) mass is 918 g/mol. The number of aliphatic hydroxyl groups is 11. The van der Waals surface area contributed by atoms with Crippen LogP contribution in [0.2, 0.25) is 0 Å². The predicted molar refractivity (Wildman–Crippen MR) is 196 cm³/mol. The normalized spacial score (nSPS) is 48.2. The molecule has 0 aromatic heterocycles. The molecule has 0 bridgehead atoms. The lowest BCUT2D eigenvalue weighted by Crippen LogP contribution is -2.70. The van der Waals surface area contributed by atoms with Gasteiger partial charge in [0.1, 0.15) is 97.5 Å². The average Bonchev–Trinajstić information content (AvgIpc) is 3.21. The van der Waals surface area contributed by atoms with Crippen molar-refractivity contribution in [3.05, 3.63) is 0 Å². The lowest BCUT2D eigenvalue weighted by atomic mass is 9.90. The molecule has 25 atom stereocenters. The van der Waals surface area contributed by atoms with Gasteiger partial charge in [0.15, 0.2) is 37.6 Å². The highest BCUT2D eigenvalue weighted by Gasteiger charge is 2.56. The number of nitrogens with two attached hydrogens (primary N) is 2. The molecule has 0 aliphatic carbocycles. The first-order valence-electron chi connectivity index (χ1n) is 19.9. The maximum atomic E-state index is 12.6. The van der Waals surface area contributed by atoms with Crippen LogP contribution in [0.1, 0.15) is 27.7 Å².